The summed E-state index contributed by atoms with van der Waals surface area (Å²) in [6.07, 6.45) is 0.523. The molecule has 0 aliphatic carbocycles. The molecule has 0 aliphatic rings. The monoisotopic (exact) mass is 263 g/mol. The molecular formula is C8H10BrNO2S. The van der Waals surface area contributed by atoms with Gasteiger partial charge in [-0.2, -0.15) is 0 Å². The second-order valence-electron chi connectivity index (χ2n) is 2.59. The highest BCUT2D eigenvalue weighted by molar-refractivity contribution is 9.11. The molecular weight excluding hydrogens is 254 g/mol. The highest BCUT2D eigenvalue weighted by Crippen LogP contribution is 2.21. The minimum Gasteiger partial charge on any atom is -0.468 e. The van der Waals surface area contributed by atoms with Gasteiger partial charge in [0.05, 0.1) is 10.9 Å². The summed E-state index contributed by atoms with van der Waals surface area (Å²) in [6, 6.07) is 1.39. The third kappa shape index (κ3) is 3.10. The molecule has 3 nitrogen and oxygen atoms in total. The number of rotatable bonds is 3. The maximum atomic E-state index is 11.0. The molecule has 0 amide bonds. The van der Waals surface area contributed by atoms with E-state index in [1.807, 2.05) is 11.4 Å². The largest absolute Gasteiger partial charge is 0.468 e. The van der Waals surface area contributed by atoms with E-state index >= 15 is 0 Å². The molecule has 5 heteroatoms. The Morgan fingerprint density at radius 3 is 3.00 bits per heavy atom. The van der Waals surface area contributed by atoms with Crippen LogP contribution in [0.25, 0.3) is 0 Å². The first kappa shape index (κ1) is 10.7. The zero-order chi connectivity index (χ0) is 9.84. The van der Waals surface area contributed by atoms with Crippen LogP contribution in [-0.4, -0.2) is 19.1 Å². The van der Waals surface area contributed by atoms with E-state index in [-0.39, 0.29) is 5.97 Å². The van der Waals surface area contributed by atoms with Crippen molar-refractivity contribution in [2.45, 2.75) is 12.5 Å². The zero-order valence-corrected chi connectivity index (χ0v) is 9.52. The molecule has 1 heterocycles. The molecule has 0 aliphatic heterocycles. The Kier molecular flexibility index (Phi) is 3.90. The summed E-state index contributed by atoms with van der Waals surface area (Å²) in [5, 5.41) is 1.97. The van der Waals surface area contributed by atoms with E-state index in [0.717, 1.165) is 9.35 Å². The van der Waals surface area contributed by atoms with Crippen molar-refractivity contribution in [2.75, 3.05) is 7.11 Å². The molecule has 0 spiro atoms. The SMILES string of the molecule is COC(=O)[C@H](N)Cc1csc(Br)c1. The van der Waals surface area contributed by atoms with E-state index in [0.29, 0.717) is 6.42 Å². The molecule has 0 saturated heterocycles. The number of hydrogen-bond acceptors (Lipinski definition) is 4. The number of esters is 1. The summed E-state index contributed by atoms with van der Waals surface area (Å²) in [6.45, 7) is 0. The van der Waals surface area contributed by atoms with Crippen LogP contribution in [-0.2, 0) is 16.0 Å². The topological polar surface area (TPSA) is 52.3 Å². The number of carbonyl (C=O) groups is 1. The summed E-state index contributed by atoms with van der Waals surface area (Å²) < 4.78 is 5.56. The number of methoxy groups -OCH3 is 1. The van der Waals surface area contributed by atoms with Gasteiger partial charge in [0.25, 0.3) is 0 Å². The smallest absolute Gasteiger partial charge is 0.322 e. The van der Waals surface area contributed by atoms with E-state index in [1.54, 1.807) is 11.3 Å². The number of hydrogen-bond donors (Lipinski definition) is 1. The van der Waals surface area contributed by atoms with E-state index in [9.17, 15) is 4.79 Å². The van der Waals surface area contributed by atoms with Crippen molar-refractivity contribution in [1.82, 2.24) is 0 Å². The maximum Gasteiger partial charge on any atom is 0.322 e. The summed E-state index contributed by atoms with van der Waals surface area (Å²) >= 11 is 4.91. The molecule has 1 aromatic heterocycles. The fraction of sp³-hybridized carbons (Fsp3) is 0.375. The number of carbonyl (C=O) groups excluding carboxylic acids is 1. The molecule has 0 radical (unpaired) electrons. The van der Waals surface area contributed by atoms with Crippen LogP contribution in [0.15, 0.2) is 15.2 Å². The first-order chi connectivity index (χ1) is 6.13. The highest BCUT2D eigenvalue weighted by Gasteiger charge is 2.14. The normalized spacial score (nSPS) is 12.5. The molecule has 0 saturated carbocycles. The summed E-state index contributed by atoms with van der Waals surface area (Å²) in [5.74, 6) is -0.373. The Morgan fingerprint density at radius 1 is 1.85 bits per heavy atom. The fourth-order valence-corrected chi connectivity index (χ4v) is 2.16. The van der Waals surface area contributed by atoms with Crippen molar-refractivity contribution in [3.63, 3.8) is 0 Å². The lowest BCUT2D eigenvalue weighted by Crippen LogP contribution is -2.33. The standard InChI is InChI=1S/C8H10BrNO2S/c1-12-8(11)6(10)2-5-3-7(9)13-4-5/h3-4,6H,2,10H2,1H3/t6-/m1/s1. The van der Waals surface area contributed by atoms with Crippen LogP contribution < -0.4 is 5.73 Å². The van der Waals surface area contributed by atoms with Crippen LogP contribution >= 0.6 is 27.3 Å². The molecule has 2 N–H and O–H groups in total. The first-order valence-corrected chi connectivity index (χ1v) is 5.37. The van der Waals surface area contributed by atoms with Gasteiger partial charge in [-0.25, -0.2) is 0 Å². The fourth-order valence-electron chi connectivity index (χ4n) is 0.941. The minimum absolute atomic E-state index is 0.373. The lowest BCUT2D eigenvalue weighted by atomic mass is 10.1. The number of thiophene rings is 1. The summed E-state index contributed by atoms with van der Waals surface area (Å²) in [5.41, 5.74) is 6.63. The average molecular weight is 264 g/mol. The van der Waals surface area contributed by atoms with Crippen molar-refractivity contribution >= 4 is 33.2 Å². The van der Waals surface area contributed by atoms with E-state index in [2.05, 4.69) is 20.7 Å². The van der Waals surface area contributed by atoms with Crippen LogP contribution in [0, 0.1) is 0 Å². The number of halogens is 1. The molecule has 0 aromatic carbocycles. The molecule has 0 unspecified atom stereocenters. The van der Waals surface area contributed by atoms with E-state index < -0.39 is 6.04 Å². The van der Waals surface area contributed by atoms with Crippen molar-refractivity contribution in [1.29, 1.82) is 0 Å². The molecule has 1 aromatic rings. The molecule has 13 heavy (non-hydrogen) atoms. The first-order valence-electron chi connectivity index (χ1n) is 3.70. The van der Waals surface area contributed by atoms with Gasteiger partial charge in [-0.15, -0.1) is 11.3 Å². The Balaban J connectivity index is 2.54. The van der Waals surface area contributed by atoms with Crippen molar-refractivity contribution < 1.29 is 9.53 Å². The van der Waals surface area contributed by atoms with Crippen LogP contribution in [0.1, 0.15) is 5.56 Å². The molecule has 1 rings (SSSR count). The Bertz CT molecular complexity index is 300. The number of ether oxygens (including phenoxy) is 1. The quantitative estimate of drug-likeness (QED) is 0.843. The van der Waals surface area contributed by atoms with Gasteiger partial charge in [-0.3, -0.25) is 4.79 Å². The van der Waals surface area contributed by atoms with Crippen molar-refractivity contribution in [3.8, 4) is 0 Å². The van der Waals surface area contributed by atoms with Gasteiger partial charge in [0.1, 0.15) is 6.04 Å². The van der Waals surface area contributed by atoms with Gasteiger partial charge in [-0.05, 0) is 39.4 Å². The summed E-state index contributed by atoms with van der Waals surface area (Å²) in [4.78, 5) is 11.0. The molecule has 0 fully saturated rings. The van der Waals surface area contributed by atoms with Gasteiger partial charge < -0.3 is 10.5 Å². The van der Waals surface area contributed by atoms with Crippen LogP contribution in [0.2, 0.25) is 0 Å². The van der Waals surface area contributed by atoms with E-state index in [4.69, 9.17) is 5.73 Å². The lowest BCUT2D eigenvalue weighted by molar-refractivity contribution is -0.142. The second kappa shape index (κ2) is 4.74. The van der Waals surface area contributed by atoms with Crippen LogP contribution in [0.4, 0.5) is 0 Å². The molecule has 0 bridgehead atoms. The Hall–Kier alpha value is -0.390. The minimum atomic E-state index is -0.563. The third-order valence-corrected chi connectivity index (χ3v) is 3.13. The molecule has 1 atom stereocenters. The van der Waals surface area contributed by atoms with Crippen molar-refractivity contribution in [3.05, 3.63) is 20.8 Å². The van der Waals surface area contributed by atoms with Crippen LogP contribution in [0.3, 0.4) is 0 Å². The van der Waals surface area contributed by atoms with Gasteiger partial charge in [0, 0.05) is 0 Å². The van der Waals surface area contributed by atoms with Gasteiger partial charge in [0.15, 0.2) is 0 Å². The Morgan fingerprint density at radius 2 is 2.54 bits per heavy atom. The second-order valence-corrected chi connectivity index (χ2v) is 4.88. The van der Waals surface area contributed by atoms with Gasteiger partial charge >= 0.3 is 5.97 Å². The van der Waals surface area contributed by atoms with Gasteiger partial charge in [0.2, 0.25) is 0 Å². The van der Waals surface area contributed by atoms with E-state index in [1.165, 1.54) is 7.11 Å². The van der Waals surface area contributed by atoms with Crippen molar-refractivity contribution in [2.24, 2.45) is 5.73 Å². The predicted octanol–water partition coefficient (Wildman–Crippen LogP) is 1.55. The molecule has 72 valence electrons. The highest BCUT2D eigenvalue weighted by atomic mass is 79.9. The summed E-state index contributed by atoms with van der Waals surface area (Å²) in [7, 11) is 1.34. The van der Waals surface area contributed by atoms with Gasteiger partial charge in [-0.1, -0.05) is 0 Å². The lowest BCUT2D eigenvalue weighted by Gasteiger charge is -2.06. The average Bonchev–Trinajstić information content (AvgIpc) is 2.49. The Labute approximate surface area is 89.0 Å². The zero-order valence-electron chi connectivity index (χ0n) is 7.12. The third-order valence-electron chi connectivity index (χ3n) is 1.58. The van der Waals surface area contributed by atoms with Crippen LogP contribution in [0.5, 0.6) is 0 Å². The number of nitrogens with two attached hydrogens (primary N) is 1. The predicted molar refractivity (Wildman–Crippen MR) is 55.7 cm³/mol. The maximum absolute atomic E-state index is 11.0.